The van der Waals surface area contributed by atoms with E-state index in [0.29, 0.717) is 10.8 Å². The van der Waals surface area contributed by atoms with Gasteiger partial charge in [-0.1, -0.05) is 54.4 Å². The van der Waals surface area contributed by atoms with Crippen LogP contribution in [0.4, 0.5) is 0 Å². The molecule has 0 spiro atoms. The van der Waals surface area contributed by atoms with Crippen LogP contribution in [0.5, 0.6) is 5.75 Å². The number of hydrogen-bond acceptors (Lipinski definition) is 2. The molecule has 0 saturated carbocycles. The maximum Gasteiger partial charge on any atom is 0.258 e. The van der Waals surface area contributed by atoms with Gasteiger partial charge in [0.05, 0.1) is 11.1 Å². The third-order valence-electron chi connectivity index (χ3n) is 3.74. The Balaban J connectivity index is 1.98. The zero-order valence-corrected chi connectivity index (χ0v) is 14.5. The van der Waals surface area contributed by atoms with Crippen molar-refractivity contribution in [2.45, 2.75) is 33.2 Å². The highest BCUT2D eigenvalue weighted by Gasteiger charge is 2.15. The lowest BCUT2D eigenvalue weighted by Crippen LogP contribution is -2.32. The van der Waals surface area contributed by atoms with Gasteiger partial charge < -0.3 is 10.1 Å². The Morgan fingerprint density at radius 3 is 2.61 bits per heavy atom. The van der Waals surface area contributed by atoms with E-state index in [0.717, 1.165) is 12.0 Å². The molecule has 0 aliphatic carbocycles. The van der Waals surface area contributed by atoms with Crippen LogP contribution < -0.4 is 10.1 Å². The summed E-state index contributed by atoms with van der Waals surface area (Å²) in [6.45, 7) is 6.13. The maximum atomic E-state index is 12.2. The fraction of sp³-hybridized carbons (Fsp3) is 0.316. The average Bonchev–Trinajstić information content (AvgIpc) is 2.52. The van der Waals surface area contributed by atoms with Gasteiger partial charge in [0.1, 0.15) is 5.75 Å². The number of halogens is 1. The van der Waals surface area contributed by atoms with Crippen LogP contribution in [0.2, 0.25) is 5.02 Å². The Morgan fingerprint density at radius 2 is 1.96 bits per heavy atom. The summed E-state index contributed by atoms with van der Waals surface area (Å²) in [6, 6.07) is 13.4. The van der Waals surface area contributed by atoms with Crippen LogP contribution in [0.3, 0.4) is 0 Å². The molecule has 0 heterocycles. The molecule has 23 heavy (non-hydrogen) atoms. The quantitative estimate of drug-likeness (QED) is 0.839. The van der Waals surface area contributed by atoms with E-state index in [1.54, 1.807) is 12.1 Å². The summed E-state index contributed by atoms with van der Waals surface area (Å²) in [6.07, 6.45) is 0.821. The monoisotopic (exact) mass is 331 g/mol. The molecule has 1 atom stereocenters. The normalized spacial score (nSPS) is 11.8. The van der Waals surface area contributed by atoms with Crippen LogP contribution in [0.15, 0.2) is 42.5 Å². The van der Waals surface area contributed by atoms with Gasteiger partial charge in [0.25, 0.3) is 5.91 Å². The Morgan fingerprint density at radius 1 is 1.22 bits per heavy atom. The first-order valence-corrected chi connectivity index (χ1v) is 8.13. The Kier molecular flexibility index (Phi) is 6.05. The number of benzene rings is 2. The number of rotatable bonds is 6. The molecule has 0 bridgehead atoms. The van der Waals surface area contributed by atoms with Crippen molar-refractivity contribution in [1.82, 2.24) is 5.32 Å². The highest BCUT2D eigenvalue weighted by Crippen LogP contribution is 2.24. The summed E-state index contributed by atoms with van der Waals surface area (Å²) >= 11 is 6.02. The van der Waals surface area contributed by atoms with E-state index in [1.165, 1.54) is 11.1 Å². The molecule has 0 unspecified atom stereocenters. The summed E-state index contributed by atoms with van der Waals surface area (Å²) in [5.41, 5.74) is 3.54. The van der Waals surface area contributed by atoms with Crippen LogP contribution in [-0.2, 0) is 4.79 Å². The van der Waals surface area contributed by atoms with Crippen molar-refractivity contribution in [1.29, 1.82) is 0 Å². The Labute approximate surface area is 142 Å². The summed E-state index contributed by atoms with van der Waals surface area (Å²) in [5, 5.41) is 3.53. The second kappa shape index (κ2) is 8.02. The predicted molar refractivity (Wildman–Crippen MR) is 94.0 cm³/mol. The van der Waals surface area contributed by atoms with Gasteiger partial charge in [-0.25, -0.2) is 0 Å². The number of nitrogens with one attached hydrogen (secondary N) is 1. The predicted octanol–water partition coefficient (Wildman–Crippen LogP) is 4.60. The molecule has 1 N–H and O–H groups in total. The van der Waals surface area contributed by atoms with Crippen molar-refractivity contribution in [2.75, 3.05) is 6.61 Å². The minimum absolute atomic E-state index is 0.0158. The summed E-state index contributed by atoms with van der Waals surface area (Å²) in [7, 11) is 0. The number of amides is 1. The van der Waals surface area contributed by atoms with Crippen LogP contribution in [0.25, 0.3) is 0 Å². The van der Waals surface area contributed by atoms with Crippen LogP contribution in [0.1, 0.15) is 36.1 Å². The first-order chi connectivity index (χ1) is 11.0. The van der Waals surface area contributed by atoms with E-state index in [-0.39, 0.29) is 18.6 Å². The number of para-hydroxylation sites is 1. The molecule has 0 fully saturated rings. The van der Waals surface area contributed by atoms with Crippen molar-refractivity contribution >= 4 is 17.5 Å². The van der Waals surface area contributed by atoms with E-state index in [2.05, 4.69) is 44.3 Å². The number of aryl methyl sites for hydroxylation is 2. The zero-order valence-electron chi connectivity index (χ0n) is 13.7. The number of carbonyl (C=O) groups is 1. The van der Waals surface area contributed by atoms with E-state index in [1.807, 2.05) is 12.1 Å². The van der Waals surface area contributed by atoms with Crippen molar-refractivity contribution in [3.05, 3.63) is 64.2 Å². The Hall–Kier alpha value is -2.00. The molecule has 3 nitrogen and oxygen atoms in total. The highest BCUT2D eigenvalue weighted by molar-refractivity contribution is 6.32. The highest BCUT2D eigenvalue weighted by atomic mass is 35.5. The van der Waals surface area contributed by atoms with Gasteiger partial charge in [-0.3, -0.25) is 4.79 Å². The first kappa shape index (κ1) is 17.4. The first-order valence-electron chi connectivity index (χ1n) is 7.75. The minimum Gasteiger partial charge on any atom is -0.482 e. The molecular weight excluding hydrogens is 310 g/mol. The molecule has 0 aliphatic heterocycles. The van der Waals surface area contributed by atoms with Gasteiger partial charge in [0.2, 0.25) is 0 Å². The topological polar surface area (TPSA) is 38.3 Å². The standard InChI is InChI=1S/C19H22ClNO2/c1-4-17(15-10-9-13(2)11-14(15)3)21-19(22)12-23-18-8-6-5-7-16(18)20/h5-11,17H,4,12H2,1-3H3,(H,21,22)/t17-/m1/s1. The van der Waals surface area contributed by atoms with Gasteiger partial charge in [0.15, 0.2) is 6.61 Å². The molecule has 0 aromatic heterocycles. The van der Waals surface area contributed by atoms with E-state index >= 15 is 0 Å². The summed E-state index contributed by atoms with van der Waals surface area (Å²) in [4.78, 5) is 12.2. The van der Waals surface area contributed by atoms with Crippen molar-refractivity contribution in [3.8, 4) is 5.75 Å². The molecule has 122 valence electrons. The van der Waals surface area contributed by atoms with E-state index in [4.69, 9.17) is 16.3 Å². The minimum atomic E-state index is -0.156. The molecule has 2 rings (SSSR count). The van der Waals surface area contributed by atoms with Crippen LogP contribution in [-0.4, -0.2) is 12.5 Å². The van der Waals surface area contributed by atoms with Gasteiger partial charge in [-0.15, -0.1) is 0 Å². The lowest BCUT2D eigenvalue weighted by Gasteiger charge is -2.20. The van der Waals surface area contributed by atoms with Gasteiger partial charge >= 0.3 is 0 Å². The van der Waals surface area contributed by atoms with Crippen molar-refractivity contribution in [3.63, 3.8) is 0 Å². The third-order valence-corrected chi connectivity index (χ3v) is 4.05. The largest absolute Gasteiger partial charge is 0.482 e. The molecule has 0 saturated heterocycles. The molecule has 2 aromatic rings. The molecular formula is C19H22ClNO2. The molecule has 4 heteroatoms. The van der Waals surface area contributed by atoms with E-state index in [9.17, 15) is 4.79 Å². The Bertz CT molecular complexity index is 685. The molecule has 1 amide bonds. The maximum absolute atomic E-state index is 12.2. The van der Waals surface area contributed by atoms with Gasteiger partial charge in [-0.2, -0.15) is 0 Å². The summed E-state index contributed by atoms with van der Waals surface area (Å²) < 4.78 is 5.49. The summed E-state index contributed by atoms with van der Waals surface area (Å²) in [5.74, 6) is 0.362. The average molecular weight is 332 g/mol. The van der Waals surface area contributed by atoms with Crippen LogP contribution >= 0.6 is 11.6 Å². The number of ether oxygens (including phenoxy) is 1. The third kappa shape index (κ3) is 4.73. The van der Waals surface area contributed by atoms with Crippen molar-refractivity contribution in [2.24, 2.45) is 0 Å². The fourth-order valence-corrected chi connectivity index (χ4v) is 2.75. The second-order valence-electron chi connectivity index (χ2n) is 5.61. The SMILES string of the molecule is CC[C@@H](NC(=O)COc1ccccc1Cl)c1ccc(C)cc1C. The smallest absolute Gasteiger partial charge is 0.258 e. The van der Waals surface area contributed by atoms with Gasteiger partial charge in [0, 0.05) is 0 Å². The van der Waals surface area contributed by atoms with Crippen LogP contribution in [0, 0.1) is 13.8 Å². The van der Waals surface area contributed by atoms with E-state index < -0.39 is 0 Å². The zero-order chi connectivity index (χ0) is 16.8. The number of carbonyl (C=O) groups excluding carboxylic acids is 1. The molecule has 2 aromatic carbocycles. The fourth-order valence-electron chi connectivity index (χ4n) is 2.56. The molecule has 0 radical (unpaired) electrons. The lowest BCUT2D eigenvalue weighted by atomic mass is 9.97. The van der Waals surface area contributed by atoms with Crippen molar-refractivity contribution < 1.29 is 9.53 Å². The second-order valence-corrected chi connectivity index (χ2v) is 6.01. The molecule has 0 aliphatic rings. The number of hydrogen-bond donors (Lipinski definition) is 1. The lowest BCUT2D eigenvalue weighted by molar-refractivity contribution is -0.123. The van der Waals surface area contributed by atoms with Gasteiger partial charge in [-0.05, 0) is 43.5 Å².